The van der Waals surface area contributed by atoms with Crippen molar-refractivity contribution in [2.24, 2.45) is 0 Å². The molecule has 1 atom stereocenters. The maximum absolute atomic E-state index is 12.6. The number of halogens is 1. The summed E-state index contributed by atoms with van der Waals surface area (Å²) in [4.78, 5) is 28.1. The lowest BCUT2D eigenvalue weighted by atomic mass is 10.1. The van der Waals surface area contributed by atoms with E-state index in [2.05, 4.69) is 26.2 Å². The summed E-state index contributed by atoms with van der Waals surface area (Å²) in [6.45, 7) is 4.93. The van der Waals surface area contributed by atoms with Gasteiger partial charge in [0.15, 0.2) is 5.16 Å². The van der Waals surface area contributed by atoms with Crippen molar-refractivity contribution >= 4 is 50.3 Å². The molecule has 2 N–H and O–H groups in total. The molecular formula is C20H20BrN3O3S. The Kier molecular flexibility index (Phi) is 5.81. The molecule has 0 bridgehead atoms. The van der Waals surface area contributed by atoms with E-state index >= 15 is 0 Å². The smallest absolute Gasteiger partial charge is 0.325 e. The Labute approximate surface area is 175 Å². The van der Waals surface area contributed by atoms with Crippen LogP contribution in [-0.4, -0.2) is 37.3 Å². The van der Waals surface area contributed by atoms with Gasteiger partial charge in [0.25, 0.3) is 0 Å². The molecule has 0 aliphatic rings. The molecule has 0 aliphatic heterocycles. The molecule has 28 heavy (non-hydrogen) atoms. The number of imidazole rings is 1. The number of hydrogen-bond donors (Lipinski definition) is 2. The second kappa shape index (κ2) is 7.97. The van der Waals surface area contributed by atoms with Crippen molar-refractivity contribution in [3.63, 3.8) is 0 Å². The molecule has 0 saturated heterocycles. The van der Waals surface area contributed by atoms with Crippen molar-refractivity contribution in [1.82, 2.24) is 14.9 Å². The average Bonchev–Trinajstić information content (AvgIpc) is 3.00. The fourth-order valence-electron chi connectivity index (χ4n) is 2.72. The third kappa shape index (κ3) is 4.07. The molecule has 0 radical (unpaired) electrons. The molecule has 3 aromatic rings. The molecule has 1 heterocycles. The maximum atomic E-state index is 12.6. The fourth-order valence-corrected chi connectivity index (χ4v) is 4.30. The SMILES string of the molecule is CC(NC(=O)C(C)(C)Sc1ncc(Br)n1-c1cccc2ccccc12)C(=O)O. The molecule has 146 valence electrons. The quantitative estimate of drug-likeness (QED) is 0.536. The number of aliphatic carboxylic acids is 1. The van der Waals surface area contributed by atoms with Gasteiger partial charge >= 0.3 is 5.97 Å². The van der Waals surface area contributed by atoms with Crippen LogP contribution < -0.4 is 5.32 Å². The predicted molar refractivity (Wildman–Crippen MR) is 114 cm³/mol. The van der Waals surface area contributed by atoms with Gasteiger partial charge in [-0.15, -0.1) is 0 Å². The maximum Gasteiger partial charge on any atom is 0.325 e. The zero-order valence-electron chi connectivity index (χ0n) is 15.6. The minimum absolute atomic E-state index is 0.365. The predicted octanol–water partition coefficient (Wildman–Crippen LogP) is 4.25. The van der Waals surface area contributed by atoms with Crippen LogP contribution in [0.3, 0.4) is 0 Å². The molecule has 0 saturated carbocycles. The second-order valence-electron chi connectivity index (χ2n) is 6.84. The minimum atomic E-state index is -1.07. The van der Waals surface area contributed by atoms with Crippen LogP contribution in [0, 0.1) is 0 Å². The summed E-state index contributed by atoms with van der Waals surface area (Å²) >= 11 is 4.83. The summed E-state index contributed by atoms with van der Waals surface area (Å²) < 4.78 is 1.79. The average molecular weight is 462 g/mol. The standard InChI is InChI=1S/C20H20BrN3O3S/c1-12(17(25)26)23-18(27)20(2,3)28-19-22-11-16(21)24(19)15-10-6-8-13-7-4-5-9-14(13)15/h4-12H,1-3H3,(H,23,27)(H,25,26). The van der Waals surface area contributed by atoms with Crippen molar-refractivity contribution in [2.45, 2.75) is 36.7 Å². The first-order valence-corrected chi connectivity index (χ1v) is 10.3. The van der Waals surface area contributed by atoms with Crippen molar-refractivity contribution < 1.29 is 14.7 Å². The van der Waals surface area contributed by atoms with E-state index in [4.69, 9.17) is 5.11 Å². The van der Waals surface area contributed by atoms with Gasteiger partial charge in [-0.2, -0.15) is 0 Å². The number of carbonyl (C=O) groups excluding carboxylic acids is 1. The lowest BCUT2D eigenvalue weighted by molar-refractivity contribution is -0.141. The fraction of sp³-hybridized carbons (Fsp3) is 0.250. The molecular weight excluding hydrogens is 442 g/mol. The van der Waals surface area contributed by atoms with Gasteiger partial charge in [0, 0.05) is 5.39 Å². The monoisotopic (exact) mass is 461 g/mol. The van der Waals surface area contributed by atoms with E-state index < -0.39 is 16.8 Å². The van der Waals surface area contributed by atoms with Gasteiger partial charge in [0.2, 0.25) is 5.91 Å². The molecule has 1 aromatic heterocycles. The van der Waals surface area contributed by atoms with Crippen LogP contribution in [0.25, 0.3) is 16.5 Å². The van der Waals surface area contributed by atoms with Crippen LogP contribution in [0.15, 0.2) is 58.4 Å². The minimum Gasteiger partial charge on any atom is -0.480 e. The first-order chi connectivity index (χ1) is 13.2. The molecule has 3 rings (SSSR count). The number of carboxylic acids is 1. The number of carbonyl (C=O) groups is 2. The molecule has 1 amide bonds. The van der Waals surface area contributed by atoms with E-state index in [1.54, 1.807) is 20.0 Å². The summed E-state index contributed by atoms with van der Waals surface area (Å²) in [6, 6.07) is 13.1. The number of rotatable bonds is 6. The van der Waals surface area contributed by atoms with Crippen molar-refractivity contribution in [3.8, 4) is 5.69 Å². The largest absolute Gasteiger partial charge is 0.480 e. The summed E-state index contributed by atoms with van der Waals surface area (Å²) in [5, 5.41) is 14.4. The number of thioether (sulfide) groups is 1. The number of fused-ring (bicyclic) bond motifs is 1. The zero-order chi connectivity index (χ0) is 20.5. The Bertz CT molecular complexity index is 1040. The van der Waals surface area contributed by atoms with Gasteiger partial charge in [-0.3, -0.25) is 14.2 Å². The van der Waals surface area contributed by atoms with Crippen LogP contribution >= 0.6 is 27.7 Å². The van der Waals surface area contributed by atoms with Crippen LogP contribution in [0.4, 0.5) is 0 Å². The van der Waals surface area contributed by atoms with Crippen LogP contribution in [0.5, 0.6) is 0 Å². The number of nitrogens with zero attached hydrogens (tertiary/aromatic N) is 2. The topological polar surface area (TPSA) is 84.2 Å². The summed E-state index contributed by atoms with van der Waals surface area (Å²) in [6.07, 6.45) is 1.69. The van der Waals surface area contributed by atoms with E-state index in [1.165, 1.54) is 18.7 Å². The molecule has 1 unspecified atom stereocenters. The Balaban J connectivity index is 1.97. The molecule has 8 heteroatoms. The number of benzene rings is 2. The van der Waals surface area contributed by atoms with Crippen LogP contribution in [0.1, 0.15) is 20.8 Å². The normalized spacial score (nSPS) is 12.7. The molecule has 2 aromatic carbocycles. The van der Waals surface area contributed by atoms with E-state index in [0.717, 1.165) is 21.1 Å². The number of hydrogen-bond acceptors (Lipinski definition) is 4. The highest BCUT2D eigenvalue weighted by molar-refractivity contribution is 9.10. The summed E-state index contributed by atoms with van der Waals surface area (Å²) in [5.74, 6) is -1.44. The van der Waals surface area contributed by atoms with Gasteiger partial charge in [0.1, 0.15) is 10.6 Å². The van der Waals surface area contributed by atoms with Gasteiger partial charge in [0.05, 0.1) is 16.6 Å². The highest BCUT2D eigenvalue weighted by Gasteiger charge is 2.33. The molecule has 0 fully saturated rings. The lowest BCUT2D eigenvalue weighted by Gasteiger charge is -2.24. The van der Waals surface area contributed by atoms with Crippen molar-refractivity contribution in [3.05, 3.63) is 53.3 Å². The molecule has 0 aliphatic carbocycles. The third-order valence-electron chi connectivity index (χ3n) is 4.31. The van der Waals surface area contributed by atoms with Crippen molar-refractivity contribution in [2.75, 3.05) is 0 Å². The van der Waals surface area contributed by atoms with E-state index in [-0.39, 0.29) is 5.91 Å². The van der Waals surface area contributed by atoms with Gasteiger partial charge < -0.3 is 10.4 Å². The zero-order valence-corrected chi connectivity index (χ0v) is 18.0. The van der Waals surface area contributed by atoms with Gasteiger partial charge in [-0.05, 0) is 48.2 Å². The van der Waals surface area contributed by atoms with Gasteiger partial charge in [-0.1, -0.05) is 48.2 Å². The van der Waals surface area contributed by atoms with Crippen LogP contribution in [0.2, 0.25) is 0 Å². The Hall–Kier alpha value is -2.32. The number of amides is 1. The first kappa shape index (κ1) is 20.4. The van der Waals surface area contributed by atoms with E-state index in [0.29, 0.717) is 5.16 Å². The summed E-state index contributed by atoms with van der Waals surface area (Å²) in [7, 11) is 0. The summed E-state index contributed by atoms with van der Waals surface area (Å²) in [5.41, 5.74) is 0.945. The third-order valence-corrected chi connectivity index (χ3v) is 6.03. The van der Waals surface area contributed by atoms with Crippen LogP contribution in [-0.2, 0) is 9.59 Å². The second-order valence-corrected chi connectivity index (χ2v) is 9.25. The van der Waals surface area contributed by atoms with Gasteiger partial charge in [-0.25, -0.2) is 4.98 Å². The highest BCUT2D eigenvalue weighted by atomic mass is 79.9. The number of nitrogens with one attached hydrogen (secondary N) is 1. The highest BCUT2D eigenvalue weighted by Crippen LogP contribution is 2.37. The number of aromatic nitrogens is 2. The first-order valence-electron chi connectivity index (χ1n) is 8.65. The van der Waals surface area contributed by atoms with E-state index in [1.807, 2.05) is 47.0 Å². The van der Waals surface area contributed by atoms with Crippen molar-refractivity contribution in [1.29, 1.82) is 0 Å². The number of carboxylic acid groups (broad SMARTS) is 1. The Morgan fingerprint density at radius 1 is 1.21 bits per heavy atom. The lowest BCUT2D eigenvalue weighted by Crippen LogP contribution is -2.47. The Morgan fingerprint density at radius 3 is 2.61 bits per heavy atom. The Morgan fingerprint density at radius 2 is 1.89 bits per heavy atom. The molecule has 0 spiro atoms. The van der Waals surface area contributed by atoms with E-state index in [9.17, 15) is 9.59 Å². The molecule has 6 nitrogen and oxygen atoms in total.